The van der Waals surface area contributed by atoms with Gasteiger partial charge >= 0.3 is 0 Å². The van der Waals surface area contributed by atoms with Crippen molar-refractivity contribution >= 4 is 5.91 Å². The Balaban J connectivity index is 2.37. The molecule has 1 aromatic carbocycles. The van der Waals surface area contributed by atoms with Crippen LogP contribution in [0.15, 0.2) is 24.3 Å². The van der Waals surface area contributed by atoms with E-state index in [1.54, 1.807) is 0 Å². The van der Waals surface area contributed by atoms with Crippen LogP contribution in [0.2, 0.25) is 0 Å². The van der Waals surface area contributed by atoms with Crippen LogP contribution < -0.4 is 10.1 Å². The molecule has 0 radical (unpaired) electrons. The summed E-state index contributed by atoms with van der Waals surface area (Å²) in [5, 5.41) is 2.92. The summed E-state index contributed by atoms with van der Waals surface area (Å²) in [7, 11) is 0. The summed E-state index contributed by atoms with van der Waals surface area (Å²) in [5.74, 6) is 1.18. The summed E-state index contributed by atoms with van der Waals surface area (Å²) in [6, 6.07) is 8.12. The van der Waals surface area contributed by atoms with Crippen molar-refractivity contribution in [3.8, 4) is 5.75 Å². The molecule has 0 spiro atoms. The second-order valence-corrected chi connectivity index (χ2v) is 5.27. The van der Waals surface area contributed by atoms with Crippen molar-refractivity contribution in [3.05, 3.63) is 29.8 Å². The predicted octanol–water partition coefficient (Wildman–Crippen LogP) is 3.49. The van der Waals surface area contributed by atoms with Crippen molar-refractivity contribution in [3.63, 3.8) is 0 Å². The van der Waals surface area contributed by atoms with Crippen LogP contribution in [0, 0.1) is 0 Å². The Hall–Kier alpha value is -1.51. The third-order valence-corrected chi connectivity index (χ3v) is 3.05. The molecule has 0 unspecified atom stereocenters. The SMILES string of the molecule is CCC[C@@H](C)NC(=O)COc1ccc(C(C)C)cc1. The quantitative estimate of drug-likeness (QED) is 0.817. The molecule has 1 aromatic rings. The van der Waals surface area contributed by atoms with Gasteiger partial charge in [-0.1, -0.05) is 39.3 Å². The summed E-state index contributed by atoms with van der Waals surface area (Å²) in [4.78, 5) is 11.6. The monoisotopic (exact) mass is 263 g/mol. The van der Waals surface area contributed by atoms with Crippen molar-refractivity contribution in [1.82, 2.24) is 5.32 Å². The average molecular weight is 263 g/mol. The molecule has 0 aliphatic heterocycles. The van der Waals surface area contributed by atoms with Crippen LogP contribution in [0.25, 0.3) is 0 Å². The predicted molar refractivity (Wildman–Crippen MR) is 78.5 cm³/mol. The molecule has 0 aliphatic rings. The molecule has 19 heavy (non-hydrogen) atoms. The van der Waals surface area contributed by atoms with E-state index in [0.717, 1.165) is 18.6 Å². The van der Waals surface area contributed by atoms with E-state index in [0.29, 0.717) is 5.92 Å². The van der Waals surface area contributed by atoms with Gasteiger partial charge in [-0.25, -0.2) is 0 Å². The number of ether oxygens (including phenoxy) is 1. The number of nitrogens with one attached hydrogen (secondary N) is 1. The molecule has 1 atom stereocenters. The molecule has 106 valence electrons. The lowest BCUT2D eigenvalue weighted by atomic mass is 10.0. The normalized spacial score (nSPS) is 12.3. The largest absolute Gasteiger partial charge is 0.484 e. The van der Waals surface area contributed by atoms with Crippen LogP contribution in [0.3, 0.4) is 0 Å². The molecular formula is C16H25NO2. The Morgan fingerprint density at radius 1 is 1.21 bits per heavy atom. The highest BCUT2D eigenvalue weighted by atomic mass is 16.5. The van der Waals surface area contributed by atoms with Gasteiger partial charge in [0.1, 0.15) is 5.75 Å². The van der Waals surface area contributed by atoms with Gasteiger partial charge in [0.15, 0.2) is 6.61 Å². The van der Waals surface area contributed by atoms with Gasteiger partial charge in [-0.15, -0.1) is 0 Å². The number of carbonyl (C=O) groups is 1. The van der Waals surface area contributed by atoms with Gasteiger partial charge in [-0.2, -0.15) is 0 Å². The van der Waals surface area contributed by atoms with Gasteiger partial charge in [-0.3, -0.25) is 4.79 Å². The molecule has 0 aliphatic carbocycles. The highest BCUT2D eigenvalue weighted by Crippen LogP contribution is 2.18. The lowest BCUT2D eigenvalue weighted by Crippen LogP contribution is -2.35. The molecule has 0 saturated heterocycles. The number of benzene rings is 1. The molecule has 0 bridgehead atoms. The number of carbonyl (C=O) groups excluding carboxylic acids is 1. The van der Waals surface area contributed by atoms with E-state index in [-0.39, 0.29) is 18.6 Å². The van der Waals surface area contributed by atoms with Gasteiger partial charge < -0.3 is 10.1 Å². The first kappa shape index (κ1) is 15.5. The van der Waals surface area contributed by atoms with E-state index in [1.807, 2.05) is 31.2 Å². The summed E-state index contributed by atoms with van der Waals surface area (Å²) >= 11 is 0. The van der Waals surface area contributed by atoms with Gasteiger partial charge in [0.25, 0.3) is 5.91 Å². The van der Waals surface area contributed by atoms with Crippen LogP contribution in [0.1, 0.15) is 52.0 Å². The smallest absolute Gasteiger partial charge is 0.258 e. The zero-order chi connectivity index (χ0) is 14.3. The Morgan fingerprint density at radius 3 is 2.37 bits per heavy atom. The summed E-state index contributed by atoms with van der Waals surface area (Å²) in [6.45, 7) is 8.50. The molecule has 1 N–H and O–H groups in total. The molecule has 0 aromatic heterocycles. The Kier molecular flexibility index (Phi) is 6.40. The second-order valence-electron chi connectivity index (χ2n) is 5.27. The first-order chi connectivity index (χ1) is 9.02. The second kappa shape index (κ2) is 7.82. The highest BCUT2D eigenvalue weighted by Gasteiger charge is 2.07. The van der Waals surface area contributed by atoms with Gasteiger partial charge in [0.2, 0.25) is 0 Å². The van der Waals surface area contributed by atoms with Crippen LogP contribution in [-0.2, 0) is 4.79 Å². The van der Waals surface area contributed by atoms with E-state index in [9.17, 15) is 4.79 Å². The minimum absolute atomic E-state index is 0.0612. The third kappa shape index (κ3) is 5.77. The lowest BCUT2D eigenvalue weighted by molar-refractivity contribution is -0.123. The molecule has 0 heterocycles. The molecule has 0 saturated carbocycles. The zero-order valence-electron chi connectivity index (χ0n) is 12.4. The van der Waals surface area contributed by atoms with Crippen molar-refractivity contribution in [2.45, 2.75) is 52.5 Å². The highest BCUT2D eigenvalue weighted by molar-refractivity contribution is 5.77. The van der Waals surface area contributed by atoms with E-state index in [2.05, 4.69) is 26.1 Å². The van der Waals surface area contributed by atoms with Crippen LogP contribution in [0.4, 0.5) is 0 Å². The van der Waals surface area contributed by atoms with E-state index in [1.165, 1.54) is 5.56 Å². The van der Waals surface area contributed by atoms with Crippen molar-refractivity contribution in [1.29, 1.82) is 0 Å². The van der Waals surface area contributed by atoms with Crippen molar-refractivity contribution in [2.75, 3.05) is 6.61 Å². The number of rotatable bonds is 7. The van der Waals surface area contributed by atoms with Gasteiger partial charge in [0.05, 0.1) is 0 Å². The van der Waals surface area contributed by atoms with Crippen LogP contribution in [0.5, 0.6) is 5.75 Å². The van der Waals surface area contributed by atoms with Crippen LogP contribution >= 0.6 is 0 Å². The number of hydrogen-bond donors (Lipinski definition) is 1. The third-order valence-electron chi connectivity index (χ3n) is 3.05. The molecule has 1 amide bonds. The standard InChI is InChI=1S/C16H25NO2/c1-5-6-13(4)17-16(18)11-19-15-9-7-14(8-10-15)12(2)3/h7-10,12-13H,5-6,11H2,1-4H3,(H,17,18)/t13-/m1/s1. The fourth-order valence-corrected chi connectivity index (χ4v) is 1.92. The minimum Gasteiger partial charge on any atom is -0.484 e. The fraction of sp³-hybridized carbons (Fsp3) is 0.562. The van der Waals surface area contributed by atoms with Gasteiger partial charge in [0, 0.05) is 6.04 Å². The maximum absolute atomic E-state index is 11.6. The molecule has 0 fully saturated rings. The molecule has 3 nitrogen and oxygen atoms in total. The Morgan fingerprint density at radius 2 is 1.84 bits per heavy atom. The summed E-state index contributed by atoms with van der Waals surface area (Å²) < 4.78 is 5.47. The molecular weight excluding hydrogens is 238 g/mol. The maximum atomic E-state index is 11.6. The van der Waals surface area contributed by atoms with E-state index < -0.39 is 0 Å². The Bertz CT molecular complexity index is 384. The number of hydrogen-bond acceptors (Lipinski definition) is 2. The summed E-state index contributed by atoms with van der Waals surface area (Å²) in [6.07, 6.45) is 2.06. The zero-order valence-corrected chi connectivity index (χ0v) is 12.4. The first-order valence-electron chi connectivity index (χ1n) is 7.05. The lowest BCUT2D eigenvalue weighted by Gasteiger charge is -2.13. The minimum atomic E-state index is -0.0612. The topological polar surface area (TPSA) is 38.3 Å². The van der Waals surface area contributed by atoms with Gasteiger partial charge in [-0.05, 0) is 37.0 Å². The van der Waals surface area contributed by atoms with E-state index in [4.69, 9.17) is 4.74 Å². The molecule has 1 rings (SSSR count). The molecule has 3 heteroatoms. The summed E-state index contributed by atoms with van der Waals surface area (Å²) in [5.41, 5.74) is 1.27. The van der Waals surface area contributed by atoms with Crippen molar-refractivity contribution in [2.24, 2.45) is 0 Å². The van der Waals surface area contributed by atoms with E-state index >= 15 is 0 Å². The average Bonchev–Trinajstić information content (AvgIpc) is 2.37. The van der Waals surface area contributed by atoms with Crippen LogP contribution in [-0.4, -0.2) is 18.6 Å². The fourth-order valence-electron chi connectivity index (χ4n) is 1.92. The number of amides is 1. The maximum Gasteiger partial charge on any atom is 0.258 e. The first-order valence-corrected chi connectivity index (χ1v) is 7.05. The van der Waals surface area contributed by atoms with Crippen molar-refractivity contribution < 1.29 is 9.53 Å². The Labute approximate surface area is 116 Å².